The number of ether oxygens (including phenoxy) is 3. The smallest absolute Gasteiger partial charge is 0.331 e. The number of benzene rings is 1. The van der Waals surface area contributed by atoms with Gasteiger partial charge in [-0.1, -0.05) is 0 Å². The Balaban J connectivity index is 1.54. The topological polar surface area (TPSA) is 87.0 Å². The summed E-state index contributed by atoms with van der Waals surface area (Å²) in [6.45, 7) is 2.45. The number of nitrogens with one attached hydrogen (secondary N) is 1. The van der Waals surface area contributed by atoms with Gasteiger partial charge in [-0.15, -0.1) is 0 Å². The second kappa shape index (κ2) is 7.57. The summed E-state index contributed by atoms with van der Waals surface area (Å²) in [5.74, 6) is 0.629. The fourth-order valence-corrected chi connectivity index (χ4v) is 2.17. The summed E-state index contributed by atoms with van der Waals surface area (Å²) in [6.07, 6.45) is 3.21. The molecule has 7 heteroatoms. The highest BCUT2D eigenvalue weighted by atomic mass is 16.6. The van der Waals surface area contributed by atoms with E-state index in [1.807, 2.05) is 0 Å². The predicted molar refractivity (Wildman–Crippen MR) is 89.4 cm³/mol. The van der Waals surface area contributed by atoms with E-state index >= 15 is 0 Å². The number of rotatable bonds is 5. The van der Waals surface area contributed by atoms with Gasteiger partial charge in [0.05, 0.1) is 6.26 Å². The third kappa shape index (κ3) is 4.41. The van der Waals surface area contributed by atoms with E-state index in [0.29, 0.717) is 36.2 Å². The number of fused-ring (bicyclic) bond motifs is 1. The van der Waals surface area contributed by atoms with Crippen molar-refractivity contribution < 1.29 is 28.2 Å². The van der Waals surface area contributed by atoms with Gasteiger partial charge in [-0.05, 0) is 37.3 Å². The fourth-order valence-electron chi connectivity index (χ4n) is 2.17. The standard InChI is InChI=1S/C18H17NO6/c1-12(25-17(20)7-5-14-3-2-8-22-14)18(21)19-13-4-6-15-16(11-13)24-10-9-23-15/h2-8,11-12H,9-10H2,1H3,(H,19,21)/b7-5+/t12-/m1/s1. The molecule has 1 aromatic heterocycles. The van der Waals surface area contributed by atoms with E-state index in [-0.39, 0.29) is 0 Å². The van der Waals surface area contributed by atoms with Crippen LogP contribution in [0.25, 0.3) is 6.08 Å². The molecule has 7 nitrogen and oxygen atoms in total. The second-order valence-electron chi connectivity index (χ2n) is 5.28. The average molecular weight is 343 g/mol. The van der Waals surface area contributed by atoms with Crippen LogP contribution in [0.15, 0.2) is 47.1 Å². The summed E-state index contributed by atoms with van der Waals surface area (Å²) in [5.41, 5.74) is 0.531. The van der Waals surface area contributed by atoms with Crippen LogP contribution in [-0.2, 0) is 14.3 Å². The summed E-state index contributed by atoms with van der Waals surface area (Å²) < 4.78 is 21.0. The molecular weight excluding hydrogens is 326 g/mol. The van der Waals surface area contributed by atoms with Gasteiger partial charge in [-0.2, -0.15) is 0 Å². The Labute approximate surface area is 144 Å². The van der Waals surface area contributed by atoms with Crippen molar-refractivity contribution in [3.8, 4) is 11.5 Å². The van der Waals surface area contributed by atoms with Crippen molar-refractivity contribution in [2.75, 3.05) is 18.5 Å². The van der Waals surface area contributed by atoms with Crippen molar-refractivity contribution in [3.63, 3.8) is 0 Å². The minimum absolute atomic E-state index is 0.448. The van der Waals surface area contributed by atoms with E-state index < -0.39 is 18.0 Å². The summed E-state index contributed by atoms with van der Waals surface area (Å²) in [6, 6.07) is 8.47. The van der Waals surface area contributed by atoms with Crippen LogP contribution in [0.1, 0.15) is 12.7 Å². The third-order valence-electron chi connectivity index (χ3n) is 3.40. The number of hydrogen-bond donors (Lipinski definition) is 1. The first-order valence-corrected chi connectivity index (χ1v) is 7.74. The summed E-state index contributed by atoms with van der Waals surface area (Å²) in [4.78, 5) is 23.9. The molecule has 2 heterocycles. The highest BCUT2D eigenvalue weighted by molar-refractivity contribution is 5.96. The molecule has 1 aliphatic heterocycles. The van der Waals surface area contributed by atoms with Crippen molar-refractivity contribution in [1.29, 1.82) is 0 Å². The number of carbonyl (C=O) groups excluding carboxylic acids is 2. The Hall–Kier alpha value is -3.22. The highest BCUT2D eigenvalue weighted by Crippen LogP contribution is 2.32. The Morgan fingerprint density at radius 3 is 2.76 bits per heavy atom. The first-order valence-electron chi connectivity index (χ1n) is 7.74. The van der Waals surface area contributed by atoms with Gasteiger partial charge >= 0.3 is 5.97 Å². The molecule has 0 saturated carbocycles. The van der Waals surface area contributed by atoms with Crippen molar-refractivity contribution in [2.24, 2.45) is 0 Å². The average Bonchev–Trinajstić information content (AvgIpc) is 3.13. The lowest BCUT2D eigenvalue weighted by Crippen LogP contribution is -2.29. The van der Waals surface area contributed by atoms with Crippen molar-refractivity contribution in [1.82, 2.24) is 0 Å². The maximum Gasteiger partial charge on any atom is 0.331 e. The molecule has 25 heavy (non-hydrogen) atoms. The molecule has 1 aliphatic rings. The lowest BCUT2D eigenvalue weighted by atomic mass is 10.2. The predicted octanol–water partition coefficient (Wildman–Crippen LogP) is 2.63. The number of hydrogen-bond acceptors (Lipinski definition) is 6. The molecule has 0 unspecified atom stereocenters. The first kappa shape index (κ1) is 16.6. The zero-order valence-corrected chi connectivity index (χ0v) is 13.6. The van der Waals surface area contributed by atoms with Crippen LogP contribution >= 0.6 is 0 Å². The number of amides is 1. The molecule has 1 aromatic carbocycles. The lowest BCUT2D eigenvalue weighted by Gasteiger charge is -2.19. The molecule has 0 fully saturated rings. The summed E-state index contributed by atoms with van der Waals surface area (Å²) in [5, 5.41) is 2.67. The van der Waals surface area contributed by atoms with E-state index in [2.05, 4.69) is 5.32 Å². The van der Waals surface area contributed by atoms with Crippen LogP contribution in [0.4, 0.5) is 5.69 Å². The van der Waals surface area contributed by atoms with Crippen molar-refractivity contribution >= 4 is 23.6 Å². The zero-order valence-electron chi connectivity index (χ0n) is 13.6. The van der Waals surface area contributed by atoms with Crippen LogP contribution in [0.3, 0.4) is 0 Å². The van der Waals surface area contributed by atoms with Crippen LogP contribution < -0.4 is 14.8 Å². The summed E-state index contributed by atoms with van der Waals surface area (Å²) in [7, 11) is 0. The monoisotopic (exact) mass is 343 g/mol. The SMILES string of the molecule is C[C@@H](OC(=O)/C=C/c1ccco1)C(=O)Nc1ccc2c(c1)OCCO2. The van der Waals surface area contributed by atoms with Gasteiger partial charge in [0.1, 0.15) is 19.0 Å². The van der Waals surface area contributed by atoms with Gasteiger partial charge < -0.3 is 23.9 Å². The van der Waals surface area contributed by atoms with E-state index in [1.165, 1.54) is 25.3 Å². The molecule has 0 radical (unpaired) electrons. The minimum atomic E-state index is -0.957. The molecule has 130 valence electrons. The maximum absolute atomic E-state index is 12.1. The third-order valence-corrected chi connectivity index (χ3v) is 3.40. The number of carbonyl (C=O) groups is 2. The van der Waals surface area contributed by atoms with Crippen LogP contribution in [0.2, 0.25) is 0 Å². The number of esters is 1. The van der Waals surface area contributed by atoms with E-state index in [9.17, 15) is 9.59 Å². The molecule has 0 bridgehead atoms. The maximum atomic E-state index is 12.1. The molecule has 1 N–H and O–H groups in total. The quantitative estimate of drug-likeness (QED) is 0.663. The molecule has 2 aromatic rings. The van der Waals surface area contributed by atoms with Gasteiger partial charge in [0.15, 0.2) is 17.6 Å². The molecule has 0 saturated heterocycles. The van der Waals surface area contributed by atoms with E-state index in [1.54, 1.807) is 30.3 Å². The normalized spacial score (nSPS) is 14.1. The van der Waals surface area contributed by atoms with Crippen molar-refractivity contribution in [3.05, 3.63) is 48.4 Å². The van der Waals surface area contributed by atoms with Crippen LogP contribution in [0, 0.1) is 0 Å². The Morgan fingerprint density at radius 2 is 2.00 bits per heavy atom. The Bertz CT molecular complexity index is 781. The highest BCUT2D eigenvalue weighted by Gasteiger charge is 2.18. The first-order chi connectivity index (χ1) is 12.1. The summed E-state index contributed by atoms with van der Waals surface area (Å²) >= 11 is 0. The molecular formula is C18H17NO6. The molecule has 0 aliphatic carbocycles. The van der Waals surface area contributed by atoms with Gasteiger partial charge in [0, 0.05) is 17.8 Å². The van der Waals surface area contributed by atoms with Crippen LogP contribution in [0.5, 0.6) is 11.5 Å². The van der Waals surface area contributed by atoms with Crippen molar-refractivity contribution in [2.45, 2.75) is 13.0 Å². The Morgan fingerprint density at radius 1 is 1.20 bits per heavy atom. The molecule has 1 amide bonds. The molecule has 0 spiro atoms. The van der Waals surface area contributed by atoms with E-state index in [0.717, 1.165) is 0 Å². The molecule has 3 rings (SSSR count). The van der Waals surface area contributed by atoms with Gasteiger partial charge in [0.25, 0.3) is 5.91 Å². The second-order valence-corrected chi connectivity index (χ2v) is 5.28. The number of furan rings is 1. The fraction of sp³-hybridized carbons (Fsp3) is 0.222. The van der Waals surface area contributed by atoms with Crippen LogP contribution in [-0.4, -0.2) is 31.2 Å². The largest absolute Gasteiger partial charge is 0.486 e. The zero-order chi connectivity index (χ0) is 17.6. The molecule has 1 atom stereocenters. The van der Waals surface area contributed by atoms with Gasteiger partial charge in [-0.3, -0.25) is 4.79 Å². The Kier molecular flexibility index (Phi) is 5.03. The van der Waals surface area contributed by atoms with E-state index in [4.69, 9.17) is 18.6 Å². The lowest BCUT2D eigenvalue weighted by molar-refractivity contribution is -0.148. The van der Waals surface area contributed by atoms with Gasteiger partial charge in [-0.25, -0.2) is 4.79 Å². The minimum Gasteiger partial charge on any atom is -0.486 e. The van der Waals surface area contributed by atoms with Gasteiger partial charge in [0.2, 0.25) is 0 Å². The number of anilines is 1.